The van der Waals surface area contributed by atoms with E-state index >= 15 is 0 Å². The molecule has 2 rings (SSSR count). The number of aryl methyl sites for hydroxylation is 2. The quantitative estimate of drug-likeness (QED) is 0.683. The molecule has 0 aliphatic heterocycles. The van der Waals surface area contributed by atoms with Crippen molar-refractivity contribution in [1.82, 2.24) is 9.38 Å². The van der Waals surface area contributed by atoms with Gasteiger partial charge in [0.15, 0.2) is 0 Å². The SMILES string of the molecule is CCc1ccc2c(CC)ncn2c1. The summed E-state index contributed by atoms with van der Waals surface area (Å²) >= 11 is 0. The lowest BCUT2D eigenvalue weighted by Crippen LogP contribution is -1.88. The molecule has 2 heteroatoms. The molecule has 0 saturated heterocycles. The third-order valence-corrected chi connectivity index (χ3v) is 2.42. The predicted octanol–water partition coefficient (Wildman–Crippen LogP) is 2.46. The standard InChI is InChI=1S/C11H14N2/c1-3-9-5-6-11-10(4-2)12-8-13(11)7-9/h5-8H,3-4H2,1-2H3. The fourth-order valence-electron chi connectivity index (χ4n) is 1.58. The number of rotatable bonds is 2. The number of imidazole rings is 1. The zero-order chi connectivity index (χ0) is 9.26. The maximum atomic E-state index is 4.35. The van der Waals surface area contributed by atoms with Crippen LogP contribution in [-0.2, 0) is 12.8 Å². The van der Waals surface area contributed by atoms with E-state index in [9.17, 15) is 0 Å². The van der Waals surface area contributed by atoms with E-state index < -0.39 is 0 Å². The zero-order valence-electron chi connectivity index (χ0n) is 8.12. The molecule has 0 unspecified atom stereocenters. The molecule has 2 heterocycles. The first-order valence-electron chi connectivity index (χ1n) is 4.79. The molecule has 13 heavy (non-hydrogen) atoms. The Bertz CT molecular complexity index is 415. The molecular formula is C11H14N2. The molecule has 0 bridgehead atoms. The second-order valence-corrected chi connectivity index (χ2v) is 3.23. The highest BCUT2D eigenvalue weighted by Crippen LogP contribution is 2.11. The van der Waals surface area contributed by atoms with E-state index in [4.69, 9.17) is 0 Å². The molecule has 2 aromatic rings. The van der Waals surface area contributed by atoms with E-state index in [1.807, 2.05) is 6.33 Å². The molecule has 0 radical (unpaired) electrons. The summed E-state index contributed by atoms with van der Waals surface area (Å²) in [6.07, 6.45) is 6.13. The van der Waals surface area contributed by atoms with Gasteiger partial charge in [-0.15, -0.1) is 0 Å². The first-order chi connectivity index (χ1) is 6.35. The van der Waals surface area contributed by atoms with Gasteiger partial charge >= 0.3 is 0 Å². The van der Waals surface area contributed by atoms with E-state index in [-0.39, 0.29) is 0 Å². The number of fused-ring (bicyclic) bond motifs is 1. The van der Waals surface area contributed by atoms with Crippen LogP contribution in [0.25, 0.3) is 5.52 Å². The molecule has 0 amide bonds. The van der Waals surface area contributed by atoms with Crippen molar-refractivity contribution in [2.75, 3.05) is 0 Å². The lowest BCUT2D eigenvalue weighted by molar-refractivity contribution is 1.06. The van der Waals surface area contributed by atoms with Gasteiger partial charge in [-0.05, 0) is 24.5 Å². The molecule has 0 aromatic carbocycles. The van der Waals surface area contributed by atoms with Gasteiger partial charge in [0.25, 0.3) is 0 Å². The highest BCUT2D eigenvalue weighted by Gasteiger charge is 2.01. The van der Waals surface area contributed by atoms with Gasteiger partial charge < -0.3 is 4.40 Å². The van der Waals surface area contributed by atoms with Crippen molar-refractivity contribution in [3.05, 3.63) is 35.9 Å². The van der Waals surface area contributed by atoms with Crippen LogP contribution in [0.1, 0.15) is 25.1 Å². The van der Waals surface area contributed by atoms with Crippen LogP contribution in [0.3, 0.4) is 0 Å². The van der Waals surface area contributed by atoms with Crippen molar-refractivity contribution in [1.29, 1.82) is 0 Å². The smallest absolute Gasteiger partial charge is 0.0995 e. The molecule has 68 valence electrons. The van der Waals surface area contributed by atoms with Crippen molar-refractivity contribution in [3.8, 4) is 0 Å². The highest BCUT2D eigenvalue weighted by atomic mass is 15.0. The molecule has 0 saturated carbocycles. The molecule has 0 aliphatic carbocycles. The number of hydrogen-bond acceptors (Lipinski definition) is 1. The summed E-state index contributed by atoms with van der Waals surface area (Å²) in [5.74, 6) is 0. The third-order valence-electron chi connectivity index (χ3n) is 2.42. The molecule has 0 N–H and O–H groups in total. The van der Waals surface area contributed by atoms with Crippen molar-refractivity contribution >= 4 is 5.52 Å². The monoisotopic (exact) mass is 174 g/mol. The van der Waals surface area contributed by atoms with E-state index in [1.54, 1.807) is 0 Å². The summed E-state index contributed by atoms with van der Waals surface area (Å²) in [4.78, 5) is 4.35. The van der Waals surface area contributed by atoms with Gasteiger partial charge in [-0.2, -0.15) is 0 Å². The molecule has 2 nitrogen and oxygen atoms in total. The van der Waals surface area contributed by atoms with Crippen LogP contribution in [0.2, 0.25) is 0 Å². The van der Waals surface area contributed by atoms with Gasteiger partial charge in [0, 0.05) is 6.20 Å². The molecule has 0 aliphatic rings. The zero-order valence-corrected chi connectivity index (χ0v) is 8.12. The summed E-state index contributed by atoms with van der Waals surface area (Å²) in [6.45, 7) is 4.30. The maximum absolute atomic E-state index is 4.35. The molecule has 0 atom stereocenters. The van der Waals surface area contributed by atoms with Crippen LogP contribution in [0.5, 0.6) is 0 Å². The fourth-order valence-corrected chi connectivity index (χ4v) is 1.58. The van der Waals surface area contributed by atoms with Gasteiger partial charge in [-0.1, -0.05) is 19.9 Å². The number of hydrogen-bond donors (Lipinski definition) is 0. The lowest BCUT2D eigenvalue weighted by atomic mass is 10.2. The van der Waals surface area contributed by atoms with E-state index in [0.717, 1.165) is 12.8 Å². The second kappa shape index (κ2) is 3.21. The Morgan fingerprint density at radius 2 is 2.08 bits per heavy atom. The average molecular weight is 174 g/mol. The van der Waals surface area contributed by atoms with Crippen LogP contribution in [0.15, 0.2) is 24.7 Å². The number of nitrogens with zero attached hydrogens (tertiary/aromatic N) is 2. The minimum Gasteiger partial charge on any atom is -0.306 e. The van der Waals surface area contributed by atoms with E-state index in [2.05, 4.69) is 41.6 Å². The van der Waals surface area contributed by atoms with Crippen molar-refractivity contribution in [3.63, 3.8) is 0 Å². The Labute approximate surface area is 78.2 Å². The topological polar surface area (TPSA) is 17.3 Å². The van der Waals surface area contributed by atoms with Crippen LogP contribution in [0, 0.1) is 0 Å². The van der Waals surface area contributed by atoms with Crippen LogP contribution < -0.4 is 0 Å². The number of pyridine rings is 1. The van der Waals surface area contributed by atoms with Crippen LogP contribution >= 0.6 is 0 Å². The maximum Gasteiger partial charge on any atom is 0.0995 e. The Hall–Kier alpha value is -1.31. The molecule has 0 spiro atoms. The van der Waals surface area contributed by atoms with Crippen molar-refractivity contribution in [2.24, 2.45) is 0 Å². The highest BCUT2D eigenvalue weighted by molar-refractivity contribution is 5.52. The normalized spacial score (nSPS) is 10.9. The minimum atomic E-state index is 1.00. The third kappa shape index (κ3) is 1.32. The molecular weight excluding hydrogens is 160 g/mol. The summed E-state index contributed by atoms with van der Waals surface area (Å²) in [5.41, 5.74) is 3.77. The fraction of sp³-hybridized carbons (Fsp3) is 0.364. The Morgan fingerprint density at radius 1 is 1.23 bits per heavy atom. The largest absolute Gasteiger partial charge is 0.306 e. The predicted molar refractivity (Wildman–Crippen MR) is 53.9 cm³/mol. The molecule has 0 fully saturated rings. The summed E-state index contributed by atoms with van der Waals surface area (Å²) in [6, 6.07) is 4.33. The Kier molecular flexibility index (Phi) is 2.05. The Balaban J connectivity index is 2.61. The van der Waals surface area contributed by atoms with Crippen molar-refractivity contribution in [2.45, 2.75) is 26.7 Å². The van der Waals surface area contributed by atoms with Gasteiger partial charge in [0.1, 0.15) is 0 Å². The van der Waals surface area contributed by atoms with Crippen LogP contribution in [-0.4, -0.2) is 9.38 Å². The number of aromatic nitrogens is 2. The van der Waals surface area contributed by atoms with E-state index in [0.29, 0.717) is 0 Å². The van der Waals surface area contributed by atoms with Crippen LogP contribution in [0.4, 0.5) is 0 Å². The van der Waals surface area contributed by atoms with E-state index in [1.165, 1.54) is 16.8 Å². The lowest BCUT2D eigenvalue weighted by Gasteiger charge is -1.99. The Morgan fingerprint density at radius 3 is 2.77 bits per heavy atom. The van der Waals surface area contributed by atoms with Gasteiger partial charge in [-0.3, -0.25) is 0 Å². The average Bonchev–Trinajstić information content (AvgIpc) is 2.59. The second-order valence-electron chi connectivity index (χ2n) is 3.23. The summed E-state index contributed by atoms with van der Waals surface area (Å²) in [5, 5.41) is 0. The first-order valence-corrected chi connectivity index (χ1v) is 4.79. The summed E-state index contributed by atoms with van der Waals surface area (Å²) in [7, 11) is 0. The minimum absolute atomic E-state index is 1.00. The summed E-state index contributed by atoms with van der Waals surface area (Å²) < 4.78 is 2.11. The van der Waals surface area contributed by atoms with Gasteiger partial charge in [0.05, 0.1) is 17.5 Å². The van der Waals surface area contributed by atoms with Crippen molar-refractivity contribution < 1.29 is 0 Å². The van der Waals surface area contributed by atoms with Gasteiger partial charge in [0.2, 0.25) is 0 Å². The van der Waals surface area contributed by atoms with Gasteiger partial charge in [-0.25, -0.2) is 4.98 Å². The molecule has 2 aromatic heterocycles. The first kappa shape index (κ1) is 8.30.